The molecule has 0 atom stereocenters. The highest BCUT2D eigenvalue weighted by Gasteiger charge is 2.38. The number of hydrogen-bond donors (Lipinski definition) is 2. The summed E-state index contributed by atoms with van der Waals surface area (Å²) in [6.07, 6.45) is 4.87. The fourth-order valence-corrected chi connectivity index (χ4v) is 4.37. The number of nitrogens with zero attached hydrogens (tertiary/aromatic N) is 4. The van der Waals surface area contributed by atoms with Crippen molar-refractivity contribution in [1.82, 2.24) is 19.9 Å². The van der Waals surface area contributed by atoms with Gasteiger partial charge in [-0.2, -0.15) is 4.98 Å². The number of hydrogen-bond acceptors (Lipinski definition) is 8. The molecule has 182 valence electrons. The van der Waals surface area contributed by atoms with Crippen molar-refractivity contribution in [3.8, 4) is 5.75 Å². The molecule has 0 radical (unpaired) electrons. The van der Waals surface area contributed by atoms with Crippen LogP contribution in [0.3, 0.4) is 0 Å². The summed E-state index contributed by atoms with van der Waals surface area (Å²) in [5, 5.41) is 0.0515. The molecule has 1 aliphatic rings. The van der Waals surface area contributed by atoms with Crippen LogP contribution in [0.25, 0.3) is 11.6 Å². The highest BCUT2D eigenvalue weighted by molar-refractivity contribution is 6.41. The summed E-state index contributed by atoms with van der Waals surface area (Å²) in [6, 6.07) is 0. The van der Waals surface area contributed by atoms with Crippen molar-refractivity contribution in [1.29, 1.82) is 0 Å². The molecule has 0 spiro atoms. The van der Waals surface area contributed by atoms with Crippen LogP contribution >= 0.6 is 11.6 Å². The molecule has 3 aromatic rings. The summed E-state index contributed by atoms with van der Waals surface area (Å²) in [4.78, 5) is 43.2. The molecule has 0 fully saturated rings. The van der Waals surface area contributed by atoms with E-state index in [0.29, 0.717) is 33.8 Å². The lowest BCUT2D eigenvalue weighted by atomic mass is 10.1. The molecule has 0 unspecified atom stereocenters. The third-order valence-electron chi connectivity index (χ3n) is 5.89. The van der Waals surface area contributed by atoms with Gasteiger partial charge in [-0.1, -0.05) is 11.6 Å². The summed E-state index contributed by atoms with van der Waals surface area (Å²) in [6.45, 7) is 7.66. The molecule has 1 aliphatic heterocycles. The molecule has 4 rings (SSSR count). The quantitative estimate of drug-likeness (QED) is 0.300. The Morgan fingerprint density at radius 2 is 2.00 bits per heavy atom. The van der Waals surface area contributed by atoms with E-state index in [1.807, 2.05) is 13.8 Å². The second-order valence-electron chi connectivity index (χ2n) is 8.03. The number of nitrogen functional groups attached to an aromatic ring is 1. The number of H-pyrrole nitrogens is 1. The predicted molar refractivity (Wildman–Crippen MR) is 132 cm³/mol. The topological polar surface area (TPSA) is 136 Å². The molecule has 0 saturated carbocycles. The zero-order valence-electron chi connectivity index (χ0n) is 20.0. The average Bonchev–Trinajstić information content (AvgIpc) is 3.29. The number of amides is 1. The Labute approximate surface area is 207 Å². The Kier molecular flexibility index (Phi) is 6.49. The van der Waals surface area contributed by atoms with E-state index < -0.39 is 5.97 Å². The number of esters is 1. The zero-order chi connectivity index (χ0) is 25.4. The molecule has 0 saturated heterocycles. The summed E-state index contributed by atoms with van der Waals surface area (Å²) in [5.74, 6) is 0.129. The van der Waals surface area contributed by atoms with Crippen molar-refractivity contribution in [3.05, 3.63) is 56.8 Å². The zero-order valence-corrected chi connectivity index (χ0v) is 20.8. The number of carbonyl (C=O) groups is 2. The van der Waals surface area contributed by atoms with Gasteiger partial charge in [0.25, 0.3) is 5.91 Å². The number of aromatic nitrogens is 4. The Bertz CT molecular complexity index is 1380. The lowest BCUT2D eigenvalue weighted by Crippen LogP contribution is -2.27. The van der Waals surface area contributed by atoms with E-state index in [2.05, 4.69) is 19.9 Å². The third kappa shape index (κ3) is 4.21. The first-order valence-electron chi connectivity index (χ1n) is 10.9. The summed E-state index contributed by atoms with van der Waals surface area (Å²) >= 11 is 6.44. The fraction of sp³-hybridized carbons (Fsp3) is 0.292. The minimum atomic E-state index is -0.449. The molecule has 4 heterocycles. The monoisotopic (exact) mass is 496 g/mol. The number of pyridine rings is 1. The van der Waals surface area contributed by atoms with Gasteiger partial charge in [0.15, 0.2) is 5.82 Å². The van der Waals surface area contributed by atoms with Crippen LogP contribution in [-0.4, -0.2) is 45.5 Å². The molecule has 10 nitrogen and oxygen atoms in total. The number of aryl methyl sites for hydroxylation is 1. The molecule has 11 heteroatoms. The van der Waals surface area contributed by atoms with Gasteiger partial charge in [0, 0.05) is 29.2 Å². The first kappa shape index (κ1) is 24.2. The second kappa shape index (κ2) is 9.38. The van der Waals surface area contributed by atoms with Crippen LogP contribution in [0.15, 0.2) is 12.4 Å². The number of ether oxygens (including phenoxy) is 2. The predicted octanol–water partition coefficient (Wildman–Crippen LogP) is 3.63. The van der Waals surface area contributed by atoms with Crippen LogP contribution in [-0.2, 0) is 16.1 Å². The van der Waals surface area contributed by atoms with Crippen LogP contribution in [0.5, 0.6) is 5.75 Å². The molecule has 3 N–H and O–H groups in total. The fourth-order valence-electron chi connectivity index (χ4n) is 4.10. The highest BCUT2D eigenvalue weighted by atomic mass is 35.5. The van der Waals surface area contributed by atoms with E-state index in [4.69, 9.17) is 26.8 Å². The number of halogens is 1. The standard InChI is InChI=1S/C24H25ClN6O4/c1-6-35-23(33)15-9-28-16(12(15)3)7-14-18-20(25)29-24(26)30-21(18)31(22(14)32)10-17-13(4)19(34-5)11(2)8-27-17/h7-9,28H,6,10H2,1-5H3,(H2,26,29,30). The maximum absolute atomic E-state index is 13.6. The number of carbonyl (C=O) groups excluding carboxylic acids is 2. The van der Waals surface area contributed by atoms with Crippen molar-refractivity contribution in [2.45, 2.75) is 34.2 Å². The van der Waals surface area contributed by atoms with Gasteiger partial charge in [0.05, 0.1) is 42.7 Å². The second-order valence-corrected chi connectivity index (χ2v) is 8.39. The van der Waals surface area contributed by atoms with E-state index in [1.165, 1.54) is 4.90 Å². The van der Waals surface area contributed by atoms with Crippen LogP contribution < -0.4 is 15.4 Å². The molecular formula is C24H25ClN6O4. The van der Waals surface area contributed by atoms with E-state index in [9.17, 15) is 9.59 Å². The number of aromatic amines is 1. The number of fused-ring (bicyclic) bond motifs is 1. The Hall–Kier alpha value is -3.92. The Balaban J connectivity index is 1.80. The van der Waals surface area contributed by atoms with Gasteiger partial charge >= 0.3 is 5.97 Å². The number of nitrogens with two attached hydrogens (primary N) is 1. The molecule has 3 aromatic heterocycles. The number of rotatable bonds is 6. The summed E-state index contributed by atoms with van der Waals surface area (Å²) in [5.41, 5.74) is 10.4. The highest BCUT2D eigenvalue weighted by Crippen LogP contribution is 2.42. The van der Waals surface area contributed by atoms with Crippen molar-refractivity contribution in [2.24, 2.45) is 0 Å². The van der Waals surface area contributed by atoms with Gasteiger partial charge < -0.3 is 20.2 Å². The van der Waals surface area contributed by atoms with E-state index in [1.54, 1.807) is 39.4 Å². The largest absolute Gasteiger partial charge is 0.496 e. The normalized spacial score (nSPS) is 13.9. The SMILES string of the molecule is CCOC(=O)c1c[nH]c(C=C2C(=O)N(Cc3ncc(C)c(OC)c3C)c3nc(N)nc(Cl)c32)c1C. The van der Waals surface area contributed by atoms with Crippen LogP contribution in [0.1, 0.15) is 50.9 Å². The van der Waals surface area contributed by atoms with Crippen molar-refractivity contribution in [3.63, 3.8) is 0 Å². The Morgan fingerprint density at radius 1 is 1.26 bits per heavy atom. The Morgan fingerprint density at radius 3 is 2.69 bits per heavy atom. The number of methoxy groups -OCH3 is 1. The van der Waals surface area contributed by atoms with Gasteiger partial charge in [0.2, 0.25) is 5.95 Å². The molecule has 1 amide bonds. The molecule has 35 heavy (non-hydrogen) atoms. The van der Waals surface area contributed by atoms with E-state index in [-0.39, 0.29) is 41.6 Å². The summed E-state index contributed by atoms with van der Waals surface area (Å²) < 4.78 is 10.6. The average molecular weight is 497 g/mol. The molecular weight excluding hydrogens is 472 g/mol. The minimum absolute atomic E-state index is 0.0515. The van der Waals surface area contributed by atoms with Gasteiger partial charge in [-0.3, -0.25) is 14.7 Å². The first-order valence-corrected chi connectivity index (χ1v) is 11.3. The maximum Gasteiger partial charge on any atom is 0.339 e. The smallest absolute Gasteiger partial charge is 0.339 e. The van der Waals surface area contributed by atoms with Crippen LogP contribution in [0.4, 0.5) is 11.8 Å². The molecule has 0 bridgehead atoms. The van der Waals surface area contributed by atoms with E-state index >= 15 is 0 Å². The number of nitrogens with one attached hydrogen (secondary N) is 1. The van der Waals surface area contributed by atoms with Crippen molar-refractivity contribution < 1.29 is 19.1 Å². The van der Waals surface area contributed by atoms with E-state index in [0.717, 1.165) is 11.1 Å². The third-order valence-corrected chi connectivity index (χ3v) is 6.16. The molecule has 0 aromatic carbocycles. The lowest BCUT2D eigenvalue weighted by molar-refractivity contribution is -0.113. The van der Waals surface area contributed by atoms with Gasteiger partial charge in [-0.15, -0.1) is 0 Å². The van der Waals surface area contributed by atoms with Gasteiger partial charge in [-0.25, -0.2) is 9.78 Å². The van der Waals surface area contributed by atoms with Crippen molar-refractivity contribution >= 4 is 46.9 Å². The summed E-state index contributed by atoms with van der Waals surface area (Å²) in [7, 11) is 1.59. The van der Waals surface area contributed by atoms with Gasteiger partial charge in [-0.05, 0) is 39.3 Å². The van der Waals surface area contributed by atoms with Crippen molar-refractivity contribution in [2.75, 3.05) is 24.4 Å². The molecule has 0 aliphatic carbocycles. The van der Waals surface area contributed by atoms with Crippen LogP contribution in [0.2, 0.25) is 5.15 Å². The minimum Gasteiger partial charge on any atom is -0.496 e. The first-order chi connectivity index (χ1) is 16.7. The van der Waals surface area contributed by atoms with Crippen LogP contribution in [0, 0.1) is 20.8 Å². The van der Waals surface area contributed by atoms with Gasteiger partial charge in [0.1, 0.15) is 10.9 Å². The lowest BCUT2D eigenvalue weighted by Gasteiger charge is -2.19. The number of anilines is 2. The maximum atomic E-state index is 13.6.